The fraction of sp³-hybridized carbons (Fsp3) is 0.750. The van der Waals surface area contributed by atoms with E-state index in [0.29, 0.717) is 16.0 Å². The van der Waals surface area contributed by atoms with Crippen LogP contribution < -0.4 is 0 Å². The van der Waals surface area contributed by atoms with E-state index < -0.39 is 0 Å². The molecule has 0 heterocycles. The molecule has 0 bridgehead atoms. The molecule has 1 aromatic rings. The van der Waals surface area contributed by atoms with Gasteiger partial charge in [-0.25, -0.2) is 0 Å². The largest absolute Gasteiger partial charge is 0.127 e. The molecule has 0 aromatic heterocycles. The first-order valence-electron chi connectivity index (χ1n) is 11.1. The first kappa shape index (κ1) is 25.1. The third-order valence-electron chi connectivity index (χ3n) is 5.40. The molecule has 3 heteroatoms. The van der Waals surface area contributed by atoms with Crippen molar-refractivity contribution in [2.24, 2.45) is 5.92 Å². The highest BCUT2D eigenvalue weighted by Gasteiger charge is 2.06. The summed E-state index contributed by atoms with van der Waals surface area (Å²) in [6, 6.07) is 6.03. The summed E-state index contributed by atoms with van der Waals surface area (Å²) in [5.41, 5.74) is 1.30. The van der Waals surface area contributed by atoms with Gasteiger partial charge in [-0.2, -0.15) is 0 Å². The third kappa shape index (κ3) is 13.8. The fourth-order valence-electron chi connectivity index (χ4n) is 3.70. The molecule has 1 aromatic carbocycles. The molecule has 0 spiro atoms. The van der Waals surface area contributed by atoms with E-state index in [2.05, 4.69) is 13.0 Å². The van der Waals surface area contributed by atoms with Crippen LogP contribution in [0.15, 0.2) is 18.2 Å². The standard InChI is InChI=1S/C24H39Cl3/c1-21(19-22-16-17-23(26)24(27)20-22)15-13-11-9-7-5-3-2-4-6-8-10-12-14-18-25/h16-17,20-21H,2-15,18-19H2,1H3. The van der Waals surface area contributed by atoms with Gasteiger partial charge in [0.15, 0.2) is 0 Å². The Morgan fingerprint density at radius 3 is 1.63 bits per heavy atom. The van der Waals surface area contributed by atoms with E-state index in [9.17, 15) is 0 Å². The van der Waals surface area contributed by atoms with Gasteiger partial charge in [-0.3, -0.25) is 0 Å². The third-order valence-corrected chi connectivity index (χ3v) is 6.41. The van der Waals surface area contributed by atoms with E-state index in [-0.39, 0.29) is 0 Å². The Balaban J connectivity index is 1.87. The van der Waals surface area contributed by atoms with Crippen molar-refractivity contribution in [1.82, 2.24) is 0 Å². The van der Waals surface area contributed by atoms with Gasteiger partial charge in [0.1, 0.15) is 0 Å². The summed E-state index contributed by atoms with van der Waals surface area (Å²) in [4.78, 5) is 0. The van der Waals surface area contributed by atoms with Crippen molar-refractivity contribution < 1.29 is 0 Å². The Morgan fingerprint density at radius 1 is 0.667 bits per heavy atom. The molecular formula is C24H39Cl3. The fourth-order valence-corrected chi connectivity index (χ4v) is 4.21. The van der Waals surface area contributed by atoms with E-state index in [1.807, 2.05) is 12.1 Å². The number of alkyl halides is 1. The van der Waals surface area contributed by atoms with Crippen LogP contribution in [0.1, 0.15) is 102 Å². The Labute approximate surface area is 183 Å². The van der Waals surface area contributed by atoms with Crippen LogP contribution >= 0.6 is 34.8 Å². The van der Waals surface area contributed by atoms with Crippen molar-refractivity contribution in [3.8, 4) is 0 Å². The second-order valence-electron chi connectivity index (χ2n) is 8.13. The molecule has 1 atom stereocenters. The maximum absolute atomic E-state index is 6.10. The molecule has 0 saturated heterocycles. The smallest absolute Gasteiger partial charge is 0.0595 e. The van der Waals surface area contributed by atoms with Crippen LogP contribution in [0.4, 0.5) is 0 Å². The molecule has 0 radical (unpaired) electrons. The molecule has 1 unspecified atom stereocenters. The van der Waals surface area contributed by atoms with Crippen molar-refractivity contribution in [3.05, 3.63) is 33.8 Å². The van der Waals surface area contributed by atoms with Crippen LogP contribution in [-0.4, -0.2) is 5.88 Å². The van der Waals surface area contributed by atoms with Crippen molar-refractivity contribution in [2.75, 3.05) is 5.88 Å². The second-order valence-corrected chi connectivity index (χ2v) is 9.32. The second kappa shape index (κ2) is 17.0. The summed E-state index contributed by atoms with van der Waals surface area (Å²) < 4.78 is 0. The van der Waals surface area contributed by atoms with Gasteiger partial charge in [0, 0.05) is 5.88 Å². The Kier molecular flexibility index (Phi) is 15.8. The van der Waals surface area contributed by atoms with Gasteiger partial charge >= 0.3 is 0 Å². The minimum atomic E-state index is 0.648. The quantitative estimate of drug-likeness (QED) is 0.169. The van der Waals surface area contributed by atoms with Gasteiger partial charge in [-0.05, 0) is 36.5 Å². The van der Waals surface area contributed by atoms with Crippen molar-refractivity contribution in [1.29, 1.82) is 0 Å². The van der Waals surface area contributed by atoms with Gasteiger partial charge in [0.2, 0.25) is 0 Å². The monoisotopic (exact) mass is 432 g/mol. The molecule has 0 aliphatic rings. The molecule has 0 N–H and O–H groups in total. The minimum Gasteiger partial charge on any atom is -0.127 e. The Hall–Kier alpha value is 0.0900. The van der Waals surface area contributed by atoms with Crippen molar-refractivity contribution in [2.45, 2.75) is 103 Å². The van der Waals surface area contributed by atoms with Crippen LogP contribution in [0.25, 0.3) is 0 Å². The van der Waals surface area contributed by atoms with Gasteiger partial charge < -0.3 is 0 Å². The minimum absolute atomic E-state index is 0.648. The van der Waals surface area contributed by atoms with Crippen molar-refractivity contribution in [3.63, 3.8) is 0 Å². The van der Waals surface area contributed by atoms with E-state index in [4.69, 9.17) is 34.8 Å². The Bertz CT molecular complexity index is 473. The number of hydrogen-bond donors (Lipinski definition) is 0. The highest BCUT2D eigenvalue weighted by Crippen LogP contribution is 2.25. The average molecular weight is 434 g/mol. The predicted molar refractivity (Wildman–Crippen MR) is 125 cm³/mol. The maximum atomic E-state index is 6.10. The first-order chi connectivity index (χ1) is 13.1. The number of rotatable bonds is 17. The lowest BCUT2D eigenvalue weighted by Crippen LogP contribution is -2.00. The Morgan fingerprint density at radius 2 is 1.15 bits per heavy atom. The number of hydrogen-bond acceptors (Lipinski definition) is 0. The van der Waals surface area contributed by atoms with E-state index in [0.717, 1.165) is 12.3 Å². The molecule has 27 heavy (non-hydrogen) atoms. The zero-order valence-electron chi connectivity index (χ0n) is 17.3. The van der Waals surface area contributed by atoms with Gasteiger partial charge in [0.25, 0.3) is 0 Å². The predicted octanol–water partition coefficient (Wildman–Crippen LogP) is 9.87. The van der Waals surface area contributed by atoms with Gasteiger partial charge in [0.05, 0.1) is 10.0 Å². The summed E-state index contributed by atoms with van der Waals surface area (Å²) in [6.07, 6.45) is 20.3. The first-order valence-corrected chi connectivity index (χ1v) is 12.4. The lowest BCUT2D eigenvalue weighted by molar-refractivity contribution is 0.477. The van der Waals surface area contributed by atoms with Crippen molar-refractivity contribution >= 4 is 34.8 Å². The van der Waals surface area contributed by atoms with E-state index >= 15 is 0 Å². The maximum Gasteiger partial charge on any atom is 0.0595 e. The normalized spacial score (nSPS) is 12.4. The van der Waals surface area contributed by atoms with Crippen LogP contribution in [0.5, 0.6) is 0 Å². The summed E-state index contributed by atoms with van der Waals surface area (Å²) in [5.74, 6) is 1.54. The van der Waals surface area contributed by atoms with E-state index in [1.165, 1.54) is 95.5 Å². The van der Waals surface area contributed by atoms with Crippen LogP contribution in [0, 0.1) is 5.92 Å². The van der Waals surface area contributed by atoms with Gasteiger partial charge in [-0.15, -0.1) is 11.6 Å². The molecule has 0 nitrogen and oxygen atoms in total. The molecule has 0 fully saturated rings. The summed E-state index contributed by atoms with van der Waals surface area (Å²) >= 11 is 17.8. The molecule has 0 amide bonds. The number of benzene rings is 1. The highest BCUT2D eigenvalue weighted by atomic mass is 35.5. The molecule has 0 saturated carbocycles. The SMILES string of the molecule is CC(CCCCCCCCCCCCCCCCl)Cc1ccc(Cl)c(Cl)c1. The lowest BCUT2D eigenvalue weighted by Gasteiger charge is -2.12. The molecule has 0 aliphatic heterocycles. The highest BCUT2D eigenvalue weighted by molar-refractivity contribution is 6.42. The molecule has 1 rings (SSSR count). The zero-order valence-corrected chi connectivity index (χ0v) is 19.5. The zero-order chi connectivity index (χ0) is 19.7. The molecular weight excluding hydrogens is 395 g/mol. The van der Waals surface area contributed by atoms with E-state index in [1.54, 1.807) is 0 Å². The summed E-state index contributed by atoms with van der Waals surface area (Å²) in [5, 5.41) is 1.32. The lowest BCUT2D eigenvalue weighted by atomic mass is 9.95. The molecule has 156 valence electrons. The average Bonchev–Trinajstić information content (AvgIpc) is 2.65. The summed E-state index contributed by atoms with van der Waals surface area (Å²) in [6.45, 7) is 2.35. The topological polar surface area (TPSA) is 0 Å². The van der Waals surface area contributed by atoms with Crippen LogP contribution in [0.3, 0.4) is 0 Å². The van der Waals surface area contributed by atoms with Gasteiger partial charge in [-0.1, -0.05) is 120 Å². The number of unbranched alkanes of at least 4 members (excludes halogenated alkanes) is 12. The number of halogens is 3. The summed E-state index contributed by atoms with van der Waals surface area (Å²) in [7, 11) is 0. The van der Waals surface area contributed by atoms with Crippen LogP contribution in [0.2, 0.25) is 10.0 Å². The molecule has 0 aliphatic carbocycles. The van der Waals surface area contributed by atoms with Crippen LogP contribution in [-0.2, 0) is 6.42 Å².